The summed E-state index contributed by atoms with van der Waals surface area (Å²) in [6, 6.07) is -3.69. The van der Waals surface area contributed by atoms with Crippen molar-refractivity contribution >= 4 is 87.4 Å². The van der Waals surface area contributed by atoms with Gasteiger partial charge in [0.2, 0.25) is 0 Å². The Bertz CT molecular complexity index is 2820. The van der Waals surface area contributed by atoms with Gasteiger partial charge in [-0.25, -0.2) is 34.3 Å². The number of likely N-dealkylation sites (tertiary alicyclic amines) is 1. The lowest BCUT2D eigenvalue weighted by atomic mass is 9.96. The predicted octanol–water partition coefficient (Wildman–Crippen LogP) is 7.93. The van der Waals surface area contributed by atoms with Crippen LogP contribution in [-0.2, 0) is 41.5 Å². The first-order valence-electron chi connectivity index (χ1n) is 28.2. The van der Waals surface area contributed by atoms with E-state index >= 15 is 0 Å². The molecule has 0 unspecified atom stereocenters. The highest BCUT2D eigenvalue weighted by molar-refractivity contribution is 6.84. The van der Waals surface area contributed by atoms with Gasteiger partial charge in [0, 0.05) is 42.0 Å². The van der Waals surface area contributed by atoms with Gasteiger partial charge in [-0.15, -0.1) is 12.4 Å². The maximum atomic E-state index is 14.7. The van der Waals surface area contributed by atoms with Gasteiger partial charge in [0.05, 0.1) is 29.8 Å². The fraction of sp³-hybridized carbons (Fsp3) is 0.709. The standard InChI is InChI=1S/C38H66N6O9Si2.C17H25N5O4.ClH/c1-20(2)27(43-35(46)50-37(11,12)13)34(45)49-32-30(25-17-40-29-28(25)41-19-42-33(29)39)44(36(47)51-38(14,15)16)26-18-48-54(21(3)4,22(5)6)53-55(23(7)8,24(9)10)52-31(26)32;1-7(2)11(18)17(25)26-15-9(3-8(5-23)14(15)24)10-4-20-13-12(10)21-6-22-16(13)19;/h17,19-24,26-27,30-32,40H,18H2,1-16H3,(H,43,46)(H2,39,41,42);4,6-9,11,14-15,20,23-24H,3,5,18H2,1-2H3,(H2,19,21,22);1H/t26-,27+,30+,31-,32+;8-,9+,11+,14-,15+;/m11./s1. The molecule has 0 radical (unpaired) electrons. The number of rotatable bonds is 14. The van der Waals surface area contributed by atoms with Crippen LogP contribution >= 0.6 is 12.4 Å². The van der Waals surface area contributed by atoms with E-state index in [1.54, 1.807) is 72.7 Å². The van der Waals surface area contributed by atoms with Gasteiger partial charge in [0.25, 0.3) is 0 Å². The van der Waals surface area contributed by atoms with Crippen molar-refractivity contribution in [2.45, 2.75) is 219 Å². The Hall–Kier alpha value is -5.20. The monoisotopic (exact) mass is 1210 g/mol. The van der Waals surface area contributed by atoms with E-state index in [4.69, 9.17) is 49.1 Å². The lowest BCUT2D eigenvalue weighted by Gasteiger charge is -2.52. The van der Waals surface area contributed by atoms with E-state index in [9.17, 15) is 29.4 Å². The van der Waals surface area contributed by atoms with Gasteiger partial charge in [-0.2, -0.15) is 0 Å². The summed E-state index contributed by atoms with van der Waals surface area (Å²) in [5, 5.41) is 22.9. The quantitative estimate of drug-likeness (QED) is 0.0337. The number of halogens is 1. The maximum Gasteiger partial charge on any atom is 0.411 e. The number of H-pyrrole nitrogens is 2. The van der Waals surface area contributed by atoms with Crippen molar-refractivity contribution in [2.24, 2.45) is 23.5 Å². The number of hydrogen-bond acceptors (Lipinski definition) is 20. The molecule has 3 aliphatic rings. The van der Waals surface area contributed by atoms with Gasteiger partial charge in [-0.3, -0.25) is 9.69 Å². The van der Waals surface area contributed by atoms with Crippen LogP contribution in [0.5, 0.6) is 0 Å². The molecule has 0 bridgehead atoms. The van der Waals surface area contributed by atoms with E-state index in [-0.39, 0.29) is 65.4 Å². The molecule has 1 aliphatic carbocycles. The third kappa shape index (κ3) is 14.1. The summed E-state index contributed by atoms with van der Waals surface area (Å²) in [7, 11) is -6.40. The van der Waals surface area contributed by atoms with Crippen molar-refractivity contribution in [1.29, 1.82) is 0 Å². The van der Waals surface area contributed by atoms with Crippen LogP contribution in [0.25, 0.3) is 22.1 Å². The van der Waals surface area contributed by atoms with Gasteiger partial charge in [-0.05, 0) is 82.0 Å². The number of aromatic nitrogens is 6. The predicted molar refractivity (Wildman–Crippen MR) is 317 cm³/mol. The minimum atomic E-state index is -3.33. The van der Waals surface area contributed by atoms with Gasteiger partial charge in [0.15, 0.2) is 17.7 Å². The van der Waals surface area contributed by atoms with E-state index in [1.165, 1.54) is 12.7 Å². The Morgan fingerprint density at radius 2 is 1.24 bits per heavy atom. The largest absolute Gasteiger partial charge is 0.458 e. The molecule has 82 heavy (non-hydrogen) atoms. The van der Waals surface area contributed by atoms with Crippen molar-refractivity contribution in [3.63, 3.8) is 0 Å². The number of ether oxygens (including phenoxy) is 4. The molecular weight excluding hydrogens is 1110 g/mol. The first-order chi connectivity index (χ1) is 37.6. The van der Waals surface area contributed by atoms with Gasteiger partial charge in [0.1, 0.15) is 65.2 Å². The third-order valence-corrected chi connectivity index (χ3v) is 25.7. The first-order valence-corrected chi connectivity index (χ1v) is 32.2. The van der Waals surface area contributed by atoms with E-state index < -0.39 is 113 Å². The molecule has 0 spiro atoms. The topological polar surface area (TPSA) is 350 Å². The normalized spacial score (nSPS) is 24.4. The van der Waals surface area contributed by atoms with Crippen LogP contribution in [0.1, 0.15) is 154 Å². The van der Waals surface area contributed by atoms with Crippen molar-refractivity contribution in [2.75, 3.05) is 24.7 Å². The van der Waals surface area contributed by atoms with Crippen molar-refractivity contribution < 1.29 is 61.3 Å². The van der Waals surface area contributed by atoms with Crippen molar-refractivity contribution in [3.8, 4) is 0 Å². The number of carbonyl (C=O) groups is 4. The smallest absolute Gasteiger partial charge is 0.411 e. The first kappa shape index (κ1) is 67.6. The number of nitrogens with zero attached hydrogens (tertiary/aromatic N) is 5. The van der Waals surface area contributed by atoms with Crippen LogP contribution in [0, 0.1) is 17.8 Å². The molecule has 10 atom stereocenters. The molecule has 0 aromatic carbocycles. The Labute approximate surface area is 490 Å². The number of aromatic amines is 2. The average Bonchev–Trinajstić information content (AvgIpc) is 4.02. The number of anilines is 2. The molecule has 2 saturated heterocycles. The molecule has 27 heteroatoms. The summed E-state index contributed by atoms with van der Waals surface area (Å²) in [6.45, 7) is 34.6. The molecule has 460 valence electrons. The van der Waals surface area contributed by atoms with E-state index in [1.807, 2.05) is 13.8 Å². The van der Waals surface area contributed by atoms with Gasteiger partial charge < -0.3 is 74.6 Å². The number of nitrogen functional groups attached to an aromatic ring is 2. The zero-order valence-electron chi connectivity index (χ0n) is 50.9. The highest BCUT2D eigenvalue weighted by atomic mass is 35.5. The fourth-order valence-electron chi connectivity index (χ4n) is 11.2. The van der Waals surface area contributed by atoms with Crippen LogP contribution in [-0.4, -0.2) is 153 Å². The molecule has 4 aromatic heterocycles. The second-order valence-corrected chi connectivity index (χ2v) is 34.5. The molecule has 7 rings (SSSR count). The van der Waals surface area contributed by atoms with E-state index in [2.05, 4.69) is 90.6 Å². The average molecular weight is 1210 g/mol. The maximum absolute atomic E-state index is 14.7. The minimum Gasteiger partial charge on any atom is -0.458 e. The number of aliphatic hydroxyl groups excluding tert-OH is 2. The summed E-state index contributed by atoms with van der Waals surface area (Å²) in [5.74, 6) is -2.00. The molecule has 1 saturated carbocycles. The number of carbonyl (C=O) groups excluding carboxylic acids is 4. The summed E-state index contributed by atoms with van der Waals surface area (Å²) >= 11 is 0. The summed E-state index contributed by atoms with van der Waals surface area (Å²) in [5.41, 5.74) is 19.7. The molecule has 2 aliphatic heterocycles. The highest BCUT2D eigenvalue weighted by Crippen LogP contribution is 2.52. The lowest BCUT2D eigenvalue weighted by Crippen LogP contribution is -2.66. The number of esters is 2. The second-order valence-electron chi connectivity index (χ2n) is 25.6. The number of nitrogens with one attached hydrogen (secondary N) is 3. The van der Waals surface area contributed by atoms with E-state index in [0.717, 1.165) is 5.56 Å². The molecule has 11 N–H and O–H groups in total. The molecule has 6 heterocycles. The summed E-state index contributed by atoms with van der Waals surface area (Å²) < 4.78 is 46.0. The number of alkyl carbamates (subject to hydrolysis) is 1. The summed E-state index contributed by atoms with van der Waals surface area (Å²) in [4.78, 5) is 79.4. The second kappa shape index (κ2) is 26.4. The van der Waals surface area contributed by atoms with Gasteiger partial charge in [-0.1, -0.05) is 83.1 Å². The van der Waals surface area contributed by atoms with Crippen molar-refractivity contribution in [1.82, 2.24) is 40.1 Å². The molecule has 24 nitrogen and oxygen atoms in total. The highest BCUT2D eigenvalue weighted by Gasteiger charge is 2.65. The Balaban J connectivity index is 0.000000380. The minimum absolute atomic E-state index is 0. The van der Waals surface area contributed by atoms with Crippen LogP contribution in [0.4, 0.5) is 21.2 Å². The Morgan fingerprint density at radius 3 is 1.72 bits per heavy atom. The molecule has 3 fully saturated rings. The third-order valence-electron chi connectivity index (χ3n) is 15.5. The summed E-state index contributed by atoms with van der Waals surface area (Å²) in [6.07, 6.45) is 1.28. The Kier molecular flexibility index (Phi) is 21.7. The Morgan fingerprint density at radius 1 is 0.744 bits per heavy atom. The van der Waals surface area contributed by atoms with Crippen LogP contribution in [0.15, 0.2) is 25.0 Å². The fourth-order valence-corrected chi connectivity index (χ4v) is 22.5. The number of nitrogens with two attached hydrogens (primary N) is 3. The number of amides is 2. The van der Waals surface area contributed by atoms with E-state index in [0.29, 0.717) is 39.9 Å². The van der Waals surface area contributed by atoms with Crippen LogP contribution < -0.4 is 22.5 Å². The zero-order chi connectivity index (χ0) is 60.6. The molecule has 4 aromatic rings. The molecular formula is C55H92ClN11O13Si2. The number of aliphatic hydroxyl groups is 2. The van der Waals surface area contributed by atoms with Gasteiger partial charge >= 0.3 is 41.2 Å². The van der Waals surface area contributed by atoms with Crippen LogP contribution in [0.2, 0.25) is 22.2 Å². The lowest BCUT2D eigenvalue weighted by molar-refractivity contribution is -0.159. The van der Waals surface area contributed by atoms with Crippen LogP contribution in [0.3, 0.4) is 0 Å². The number of hydrogen-bond donors (Lipinski definition) is 8. The number of fused-ring (bicyclic) bond motifs is 3. The zero-order valence-corrected chi connectivity index (χ0v) is 53.7. The molecule has 2 amide bonds. The van der Waals surface area contributed by atoms with Crippen molar-refractivity contribution in [3.05, 3.63) is 36.2 Å². The SMILES string of the molecule is CC(C)[C@H](N)C(=O)O[C@@H]1[C@H](O)[C@@H](CO)C[C@H]1c1c[nH]c2c(N)ncnc12.CC(C)[C@H](NC(=O)OC(C)(C)C)C(=O)O[C@@H]1[C@@H]2O[Si](C(C)C)(C(C)C)O[Si](C(C)C)(C(C)C)OC[C@H]2N(C(=O)OC(C)(C)C)[C@H]1c1c[nH]c2c(N)ncnc12.Cl.